The van der Waals surface area contributed by atoms with Crippen LogP contribution in [-0.4, -0.2) is 14.9 Å². The normalized spacial score (nSPS) is 10.3. The molecular formula is C10H5Cl2FN4O2. The van der Waals surface area contributed by atoms with Crippen LogP contribution in [0.1, 0.15) is 0 Å². The van der Waals surface area contributed by atoms with E-state index in [1.807, 2.05) is 0 Å². The summed E-state index contributed by atoms with van der Waals surface area (Å²) in [5.41, 5.74) is -0.237. The first-order chi connectivity index (χ1) is 8.99. The average Bonchev–Trinajstić information content (AvgIpc) is 2.33. The Morgan fingerprint density at radius 2 is 2.05 bits per heavy atom. The lowest BCUT2D eigenvalue weighted by Gasteiger charge is -2.06. The van der Waals surface area contributed by atoms with Gasteiger partial charge in [-0.25, -0.2) is 14.4 Å². The Balaban J connectivity index is 2.40. The second-order valence-corrected chi connectivity index (χ2v) is 4.14. The van der Waals surface area contributed by atoms with Crippen LogP contribution in [0.5, 0.6) is 0 Å². The van der Waals surface area contributed by atoms with Gasteiger partial charge in [-0.05, 0) is 18.2 Å². The maximum Gasteiger partial charge on any atom is 0.348 e. The van der Waals surface area contributed by atoms with Crippen LogP contribution < -0.4 is 5.32 Å². The number of hydrogen-bond acceptors (Lipinski definition) is 5. The van der Waals surface area contributed by atoms with Gasteiger partial charge < -0.3 is 5.32 Å². The second kappa shape index (κ2) is 5.33. The molecule has 0 spiro atoms. The van der Waals surface area contributed by atoms with Crippen LogP contribution in [0.3, 0.4) is 0 Å². The van der Waals surface area contributed by atoms with Crippen LogP contribution in [0.15, 0.2) is 24.5 Å². The topological polar surface area (TPSA) is 81.0 Å². The molecule has 1 heterocycles. The molecule has 1 aromatic carbocycles. The fourth-order valence-electron chi connectivity index (χ4n) is 1.32. The van der Waals surface area contributed by atoms with Gasteiger partial charge in [0.05, 0.1) is 9.95 Å². The number of aromatic nitrogens is 2. The molecule has 0 saturated carbocycles. The lowest BCUT2D eigenvalue weighted by atomic mass is 10.3. The van der Waals surface area contributed by atoms with E-state index in [4.69, 9.17) is 23.2 Å². The smallest absolute Gasteiger partial charge is 0.334 e. The van der Waals surface area contributed by atoms with Gasteiger partial charge in [0.2, 0.25) is 11.0 Å². The Morgan fingerprint density at radius 3 is 2.68 bits per heavy atom. The quantitative estimate of drug-likeness (QED) is 0.532. The van der Waals surface area contributed by atoms with Crippen molar-refractivity contribution in [3.63, 3.8) is 0 Å². The van der Waals surface area contributed by atoms with Crippen molar-refractivity contribution in [2.24, 2.45) is 0 Å². The van der Waals surface area contributed by atoms with Crippen molar-refractivity contribution >= 4 is 40.4 Å². The van der Waals surface area contributed by atoms with E-state index in [2.05, 4.69) is 15.3 Å². The Bertz CT molecular complexity index is 653. The van der Waals surface area contributed by atoms with Gasteiger partial charge in [-0.2, -0.15) is 0 Å². The first-order valence-electron chi connectivity index (χ1n) is 4.86. The van der Waals surface area contributed by atoms with Crippen LogP contribution in [-0.2, 0) is 0 Å². The maximum atomic E-state index is 13.3. The Morgan fingerprint density at radius 1 is 1.32 bits per heavy atom. The van der Waals surface area contributed by atoms with Crippen LogP contribution in [0.4, 0.5) is 21.6 Å². The van der Waals surface area contributed by atoms with Crippen LogP contribution in [0, 0.1) is 15.9 Å². The fourth-order valence-corrected chi connectivity index (χ4v) is 1.64. The van der Waals surface area contributed by atoms with Crippen LogP contribution in [0.25, 0.3) is 0 Å². The molecule has 0 radical (unpaired) electrons. The van der Waals surface area contributed by atoms with E-state index < -0.39 is 16.4 Å². The molecule has 0 amide bonds. The summed E-state index contributed by atoms with van der Waals surface area (Å²) >= 11 is 11.2. The summed E-state index contributed by atoms with van der Waals surface area (Å²) in [6.07, 6.45) is 1.06. The number of nitrogens with zero attached hydrogens (tertiary/aromatic N) is 3. The number of nitro groups is 1. The zero-order valence-electron chi connectivity index (χ0n) is 9.10. The summed E-state index contributed by atoms with van der Waals surface area (Å²) in [5, 5.41) is 13.1. The third-order valence-corrected chi connectivity index (χ3v) is 2.73. The highest BCUT2D eigenvalue weighted by Gasteiger charge is 2.21. The van der Waals surface area contributed by atoms with E-state index in [0.717, 1.165) is 12.4 Å². The van der Waals surface area contributed by atoms with Gasteiger partial charge in [-0.3, -0.25) is 10.1 Å². The van der Waals surface area contributed by atoms with Crippen LogP contribution in [0.2, 0.25) is 10.2 Å². The summed E-state index contributed by atoms with van der Waals surface area (Å²) in [7, 11) is 0. The molecule has 0 aliphatic heterocycles. The van der Waals surface area contributed by atoms with Crippen molar-refractivity contribution in [2.75, 3.05) is 5.32 Å². The molecule has 1 aromatic heterocycles. The van der Waals surface area contributed by atoms with E-state index in [-0.39, 0.29) is 21.7 Å². The van der Waals surface area contributed by atoms with Gasteiger partial charge in [0.1, 0.15) is 12.1 Å². The predicted octanol–water partition coefficient (Wildman–Crippen LogP) is 3.57. The molecule has 0 aliphatic rings. The Kier molecular flexibility index (Phi) is 3.77. The zero-order valence-corrected chi connectivity index (χ0v) is 10.6. The molecule has 98 valence electrons. The van der Waals surface area contributed by atoms with Gasteiger partial charge in [0, 0.05) is 5.69 Å². The van der Waals surface area contributed by atoms with E-state index in [1.165, 1.54) is 12.1 Å². The lowest BCUT2D eigenvalue weighted by molar-refractivity contribution is -0.384. The van der Waals surface area contributed by atoms with Crippen molar-refractivity contribution in [1.29, 1.82) is 0 Å². The predicted molar refractivity (Wildman–Crippen MR) is 68.4 cm³/mol. The largest absolute Gasteiger partial charge is 0.348 e. The molecule has 0 bridgehead atoms. The van der Waals surface area contributed by atoms with Crippen molar-refractivity contribution < 1.29 is 9.31 Å². The molecule has 0 fully saturated rings. The minimum atomic E-state index is -0.725. The molecule has 6 nitrogen and oxygen atoms in total. The zero-order chi connectivity index (χ0) is 14.0. The summed E-state index contributed by atoms with van der Waals surface area (Å²) in [6.45, 7) is 0. The molecule has 0 atom stereocenters. The highest BCUT2D eigenvalue weighted by molar-refractivity contribution is 6.32. The average molecular weight is 303 g/mol. The molecule has 0 unspecified atom stereocenters. The van der Waals surface area contributed by atoms with Crippen molar-refractivity contribution in [1.82, 2.24) is 9.97 Å². The standard InChI is InChI=1S/C10H5Cl2FN4O2/c11-6-2-1-5(3-7(6)13)16-10-8(17(18)19)9(12)14-4-15-10/h1-4H,(H,14,15,16). The summed E-state index contributed by atoms with van der Waals surface area (Å²) < 4.78 is 13.3. The number of anilines is 2. The number of rotatable bonds is 3. The van der Waals surface area contributed by atoms with Gasteiger partial charge in [-0.15, -0.1) is 0 Å². The summed E-state index contributed by atoms with van der Waals surface area (Å²) in [6, 6.07) is 3.85. The van der Waals surface area contributed by atoms with E-state index in [1.54, 1.807) is 0 Å². The molecule has 19 heavy (non-hydrogen) atoms. The number of halogens is 3. The minimum Gasteiger partial charge on any atom is -0.334 e. The van der Waals surface area contributed by atoms with E-state index >= 15 is 0 Å². The Labute approximate surface area is 116 Å². The Hall–Kier alpha value is -1.99. The van der Waals surface area contributed by atoms with Crippen LogP contribution >= 0.6 is 23.2 Å². The van der Waals surface area contributed by atoms with Gasteiger partial charge in [0.15, 0.2) is 0 Å². The van der Waals surface area contributed by atoms with Gasteiger partial charge >= 0.3 is 5.69 Å². The minimum absolute atomic E-state index is 0.0548. The maximum absolute atomic E-state index is 13.3. The molecule has 0 saturated heterocycles. The van der Waals surface area contributed by atoms with Crippen molar-refractivity contribution in [3.8, 4) is 0 Å². The molecule has 0 aliphatic carbocycles. The molecule has 9 heteroatoms. The third-order valence-electron chi connectivity index (χ3n) is 2.14. The molecule has 2 rings (SSSR count). The van der Waals surface area contributed by atoms with Crippen molar-refractivity contribution in [3.05, 3.63) is 50.6 Å². The molecular weight excluding hydrogens is 298 g/mol. The lowest BCUT2D eigenvalue weighted by Crippen LogP contribution is -2.01. The first kappa shape index (κ1) is 13.4. The number of nitrogens with one attached hydrogen (secondary N) is 1. The highest BCUT2D eigenvalue weighted by atomic mass is 35.5. The van der Waals surface area contributed by atoms with Gasteiger partial charge in [-0.1, -0.05) is 23.2 Å². The highest BCUT2D eigenvalue weighted by Crippen LogP contribution is 2.31. The third kappa shape index (κ3) is 2.88. The SMILES string of the molecule is O=[N+]([O-])c1c(Cl)ncnc1Nc1ccc(Cl)c(F)c1. The van der Waals surface area contributed by atoms with E-state index in [9.17, 15) is 14.5 Å². The summed E-state index contributed by atoms with van der Waals surface area (Å²) in [4.78, 5) is 17.4. The second-order valence-electron chi connectivity index (χ2n) is 3.37. The number of hydrogen-bond donors (Lipinski definition) is 1. The molecule has 2 aromatic rings. The van der Waals surface area contributed by atoms with Gasteiger partial charge in [0.25, 0.3) is 0 Å². The monoisotopic (exact) mass is 302 g/mol. The first-order valence-corrected chi connectivity index (χ1v) is 5.61. The molecule has 1 N–H and O–H groups in total. The van der Waals surface area contributed by atoms with Crippen molar-refractivity contribution in [2.45, 2.75) is 0 Å². The number of benzene rings is 1. The van der Waals surface area contributed by atoms with E-state index in [0.29, 0.717) is 0 Å². The fraction of sp³-hybridized carbons (Fsp3) is 0. The summed E-state index contributed by atoms with van der Waals surface area (Å²) in [5.74, 6) is -0.791.